The van der Waals surface area contributed by atoms with Crippen molar-refractivity contribution in [2.24, 2.45) is 5.92 Å². The smallest absolute Gasteiger partial charge is 0.165 e. The summed E-state index contributed by atoms with van der Waals surface area (Å²) in [7, 11) is 0. The van der Waals surface area contributed by atoms with Gasteiger partial charge in [0.2, 0.25) is 0 Å². The topological polar surface area (TPSA) is 137 Å². The zero-order valence-corrected chi connectivity index (χ0v) is 20.0. The molecule has 0 spiro atoms. The molecule has 1 aliphatic heterocycles. The Balaban J connectivity index is 1.28. The van der Waals surface area contributed by atoms with Crippen LogP contribution in [-0.4, -0.2) is 61.1 Å². The third kappa shape index (κ3) is 2.95. The predicted octanol–water partition coefficient (Wildman–Crippen LogP) is 2.71. The lowest BCUT2D eigenvalue weighted by molar-refractivity contribution is 0.140. The molecule has 1 saturated heterocycles. The standard InChI is InChI=1S/C25H28N10O/c26-22-18-19(32-35(24(18)31-13-30-22)25-4-3-14(9-25)10-25)20-17(21(36-33-20)15-1-2-15)23-28-11-16(12-29-23)34-7-5-27-6-8-34/h11-15,27H,1-10H2,(H2,26,30,31). The molecule has 0 unspecified atom stereocenters. The lowest BCUT2D eigenvalue weighted by Crippen LogP contribution is -2.43. The van der Waals surface area contributed by atoms with Crippen LogP contribution in [0.15, 0.2) is 23.2 Å². The van der Waals surface area contributed by atoms with Crippen molar-refractivity contribution in [2.75, 3.05) is 36.8 Å². The van der Waals surface area contributed by atoms with E-state index in [-0.39, 0.29) is 5.54 Å². The van der Waals surface area contributed by atoms with Gasteiger partial charge in [-0.15, -0.1) is 0 Å². The number of hydrogen-bond donors (Lipinski definition) is 2. The Labute approximate surface area is 207 Å². The average Bonchev–Trinajstić information content (AvgIpc) is 3.24. The molecule has 0 radical (unpaired) electrons. The maximum atomic E-state index is 6.43. The molecule has 5 fully saturated rings. The molecule has 11 heteroatoms. The Morgan fingerprint density at radius 3 is 2.53 bits per heavy atom. The number of piperazine rings is 1. The van der Waals surface area contributed by atoms with Crippen molar-refractivity contribution in [2.45, 2.75) is 50.0 Å². The van der Waals surface area contributed by atoms with Crippen LogP contribution in [0.25, 0.3) is 33.8 Å². The van der Waals surface area contributed by atoms with Crippen LogP contribution in [0.4, 0.5) is 11.5 Å². The highest BCUT2D eigenvalue weighted by Gasteiger charge is 2.53. The van der Waals surface area contributed by atoms with Gasteiger partial charge in [0, 0.05) is 32.1 Å². The van der Waals surface area contributed by atoms with Crippen molar-refractivity contribution >= 4 is 22.5 Å². The second kappa shape index (κ2) is 7.45. The molecule has 0 atom stereocenters. The summed E-state index contributed by atoms with van der Waals surface area (Å²) in [6, 6.07) is 0. The monoisotopic (exact) mass is 484 g/mol. The highest BCUT2D eigenvalue weighted by Crippen LogP contribution is 2.58. The normalized spacial score (nSPS) is 25.4. The van der Waals surface area contributed by atoms with Crippen LogP contribution < -0.4 is 16.0 Å². The molecular formula is C25H28N10O. The maximum Gasteiger partial charge on any atom is 0.165 e. The van der Waals surface area contributed by atoms with Crippen molar-refractivity contribution in [3.8, 4) is 22.8 Å². The maximum absolute atomic E-state index is 6.43. The average molecular weight is 485 g/mol. The lowest BCUT2D eigenvalue weighted by atomic mass is 9.77. The predicted molar refractivity (Wildman–Crippen MR) is 133 cm³/mol. The number of nitrogens with zero attached hydrogens (tertiary/aromatic N) is 8. The molecule has 5 heterocycles. The summed E-state index contributed by atoms with van der Waals surface area (Å²) in [6.07, 6.45) is 12.1. The van der Waals surface area contributed by atoms with E-state index in [0.29, 0.717) is 28.9 Å². The minimum atomic E-state index is 0.0205. The highest BCUT2D eigenvalue weighted by atomic mass is 16.5. The van der Waals surface area contributed by atoms with E-state index in [4.69, 9.17) is 25.3 Å². The fraction of sp³-hybridized carbons (Fsp3) is 0.520. The van der Waals surface area contributed by atoms with E-state index < -0.39 is 0 Å². The van der Waals surface area contributed by atoms with Crippen LogP contribution in [0.1, 0.15) is 50.2 Å². The van der Waals surface area contributed by atoms with Gasteiger partial charge in [0.05, 0.1) is 34.6 Å². The van der Waals surface area contributed by atoms with Crippen molar-refractivity contribution in [1.82, 2.24) is 40.2 Å². The SMILES string of the molecule is Nc1ncnc2c1c(-c1noc(C3CC3)c1-c1ncc(N3CCNCC3)cn1)nn2C12CCC(C1)C2. The van der Waals surface area contributed by atoms with E-state index in [1.807, 2.05) is 12.4 Å². The van der Waals surface area contributed by atoms with Gasteiger partial charge in [-0.05, 0) is 44.4 Å². The largest absolute Gasteiger partial charge is 0.383 e. The summed E-state index contributed by atoms with van der Waals surface area (Å²) >= 11 is 0. The fourth-order valence-electron chi connectivity index (χ4n) is 6.49. The molecular weight excluding hydrogens is 456 g/mol. The van der Waals surface area contributed by atoms with Crippen LogP contribution in [0, 0.1) is 5.92 Å². The first-order valence-electron chi connectivity index (χ1n) is 13.0. The molecule has 0 aromatic carbocycles. The van der Waals surface area contributed by atoms with Gasteiger partial charge in [0.1, 0.15) is 23.5 Å². The molecule has 4 saturated carbocycles. The third-order valence-electron chi connectivity index (χ3n) is 8.53. The lowest BCUT2D eigenvalue weighted by Gasteiger charge is -2.38. The molecule has 4 aromatic heterocycles. The number of anilines is 2. The number of rotatable bonds is 5. The summed E-state index contributed by atoms with van der Waals surface area (Å²) < 4.78 is 8.05. The fourth-order valence-corrected chi connectivity index (χ4v) is 6.49. The van der Waals surface area contributed by atoms with E-state index in [1.54, 1.807) is 0 Å². The molecule has 9 rings (SSSR count). The number of nitrogens with two attached hydrogens (primary N) is 1. The summed E-state index contributed by atoms with van der Waals surface area (Å²) in [5.74, 6) is 2.97. The van der Waals surface area contributed by atoms with Crippen LogP contribution in [0.2, 0.25) is 0 Å². The summed E-state index contributed by atoms with van der Waals surface area (Å²) in [5, 5.41) is 13.8. The van der Waals surface area contributed by atoms with Crippen molar-refractivity contribution in [3.63, 3.8) is 0 Å². The Kier molecular flexibility index (Phi) is 4.26. The number of aromatic nitrogens is 7. The minimum absolute atomic E-state index is 0.0205. The number of hydrogen-bond acceptors (Lipinski definition) is 10. The van der Waals surface area contributed by atoms with Gasteiger partial charge in [0.25, 0.3) is 0 Å². The van der Waals surface area contributed by atoms with E-state index >= 15 is 0 Å². The Morgan fingerprint density at radius 1 is 1.00 bits per heavy atom. The quantitative estimate of drug-likeness (QED) is 0.435. The first kappa shape index (κ1) is 20.6. The second-order valence-corrected chi connectivity index (χ2v) is 10.8. The summed E-state index contributed by atoms with van der Waals surface area (Å²) in [4.78, 5) is 20.8. The van der Waals surface area contributed by atoms with Crippen molar-refractivity contribution in [3.05, 3.63) is 24.5 Å². The Morgan fingerprint density at radius 2 is 1.81 bits per heavy atom. The molecule has 184 valence electrons. The van der Waals surface area contributed by atoms with Gasteiger partial charge in [-0.3, -0.25) is 0 Å². The van der Waals surface area contributed by atoms with E-state index in [2.05, 4.69) is 30.0 Å². The van der Waals surface area contributed by atoms with E-state index in [0.717, 1.165) is 92.2 Å². The molecule has 4 aliphatic carbocycles. The second-order valence-electron chi connectivity index (χ2n) is 10.8. The highest BCUT2D eigenvalue weighted by molar-refractivity contribution is 6.00. The van der Waals surface area contributed by atoms with Gasteiger partial charge in [-0.2, -0.15) is 5.10 Å². The van der Waals surface area contributed by atoms with Gasteiger partial charge in [0.15, 0.2) is 17.2 Å². The van der Waals surface area contributed by atoms with Gasteiger partial charge in [-0.25, -0.2) is 24.6 Å². The van der Waals surface area contributed by atoms with Crippen LogP contribution in [0.5, 0.6) is 0 Å². The molecule has 0 amide bonds. The first-order chi connectivity index (χ1) is 17.7. The first-order valence-corrected chi connectivity index (χ1v) is 13.0. The van der Waals surface area contributed by atoms with Crippen molar-refractivity contribution in [1.29, 1.82) is 0 Å². The van der Waals surface area contributed by atoms with Crippen LogP contribution in [0.3, 0.4) is 0 Å². The Hall–Kier alpha value is -3.60. The minimum Gasteiger partial charge on any atom is -0.383 e. The molecule has 5 aliphatic rings. The molecule has 4 aromatic rings. The number of fused-ring (bicyclic) bond motifs is 2. The summed E-state index contributed by atoms with van der Waals surface area (Å²) in [5.41, 5.74) is 10.3. The molecule has 36 heavy (non-hydrogen) atoms. The Bertz CT molecular complexity index is 1450. The van der Waals surface area contributed by atoms with Gasteiger partial charge < -0.3 is 20.5 Å². The van der Waals surface area contributed by atoms with E-state index in [9.17, 15) is 0 Å². The molecule has 3 N–H and O–H groups in total. The van der Waals surface area contributed by atoms with Gasteiger partial charge >= 0.3 is 0 Å². The van der Waals surface area contributed by atoms with Crippen LogP contribution in [-0.2, 0) is 5.54 Å². The van der Waals surface area contributed by atoms with Crippen molar-refractivity contribution < 1.29 is 4.52 Å². The number of nitrogens with one attached hydrogen (secondary N) is 1. The number of nitrogen functional groups attached to an aromatic ring is 1. The third-order valence-corrected chi connectivity index (χ3v) is 8.53. The van der Waals surface area contributed by atoms with Gasteiger partial charge in [-0.1, -0.05) is 5.16 Å². The van der Waals surface area contributed by atoms with E-state index in [1.165, 1.54) is 12.7 Å². The van der Waals surface area contributed by atoms with Crippen LogP contribution >= 0.6 is 0 Å². The zero-order valence-electron chi connectivity index (χ0n) is 20.0. The zero-order chi connectivity index (χ0) is 23.9. The summed E-state index contributed by atoms with van der Waals surface area (Å²) in [6.45, 7) is 3.81. The molecule has 2 bridgehead atoms. The molecule has 11 nitrogen and oxygen atoms in total.